The minimum absolute atomic E-state index is 0.00634. The lowest BCUT2D eigenvalue weighted by atomic mass is 9.72. The SMILES string of the molecule is CC1NCOC1COC1CCC2C[C@@H]([C@H](O)CNC(=O)C3CC(NC4CCC4)NC(N4CCN(C(C)C)CC4)N3)NCC2C1. The first-order valence-corrected chi connectivity index (χ1v) is 17.7. The number of hydrogen-bond donors (Lipinski definition) is 7. The Hall–Kier alpha value is -0.930. The van der Waals surface area contributed by atoms with E-state index in [0.29, 0.717) is 55.8 Å². The van der Waals surface area contributed by atoms with Gasteiger partial charge >= 0.3 is 0 Å². The minimum atomic E-state index is -0.604. The molecule has 2 saturated carbocycles. The van der Waals surface area contributed by atoms with Gasteiger partial charge in [-0.15, -0.1) is 0 Å². The van der Waals surface area contributed by atoms with Crippen molar-refractivity contribution in [1.29, 1.82) is 0 Å². The van der Waals surface area contributed by atoms with E-state index in [9.17, 15) is 9.90 Å². The number of amides is 1. The lowest BCUT2D eigenvalue weighted by Gasteiger charge is -2.47. The maximum Gasteiger partial charge on any atom is 0.237 e. The van der Waals surface area contributed by atoms with Gasteiger partial charge in [0.15, 0.2) is 0 Å². The Bertz CT molecular complexity index is 919. The predicted molar refractivity (Wildman–Crippen MR) is 170 cm³/mol. The lowest BCUT2D eigenvalue weighted by molar-refractivity contribution is -0.126. The number of nitrogens with zero attached hydrogens (tertiary/aromatic N) is 2. The van der Waals surface area contributed by atoms with Crippen molar-refractivity contribution in [2.75, 3.05) is 52.6 Å². The molecule has 0 spiro atoms. The summed E-state index contributed by atoms with van der Waals surface area (Å²) in [6.07, 6.45) is 8.49. The molecule has 12 heteroatoms. The summed E-state index contributed by atoms with van der Waals surface area (Å²) in [5.41, 5.74) is 0. The van der Waals surface area contributed by atoms with Gasteiger partial charge in [-0.1, -0.05) is 6.42 Å². The largest absolute Gasteiger partial charge is 0.390 e. The highest BCUT2D eigenvalue weighted by atomic mass is 16.5. The zero-order chi connectivity index (χ0) is 30.6. The number of hydrogen-bond acceptors (Lipinski definition) is 11. The van der Waals surface area contributed by atoms with Crippen molar-refractivity contribution in [2.24, 2.45) is 11.8 Å². The van der Waals surface area contributed by atoms with Crippen molar-refractivity contribution in [3.63, 3.8) is 0 Å². The van der Waals surface area contributed by atoms with Crippen LogP contribution >= 0.6 is 0 Å². The summed E-state index contributed by atoms with van der Waals surface area (Å²) in [6, 6.07) is 1.14. The molecule has 8 unspecified atom stereocenters. The van der Waals surface area contributed by atoms with Crippen molar-refractivity contribution < 1.29 is 19.4 Å². The summed E-state index contributed by atoms with van der Waals surface area (Å²) in [4.78, 5) is 18.4. The molecule has 7 N–H and O–H groups in total. The molecule has 0 aromatic carbocycles. The highest BCUT2D eigenvalue weighted by molar-refractivity contribution is 5.82. The summed E-state index contributed by atoms with van der Waals surface area (Å²) in [5, 5.41) is 32.3. The van der Waals surface area contributed by atoms with E-state index in [2.05, 4.69) is 62.5 Å². The highest BCUT2D eigenvalue weighted by Crippen LogP contribution is 2.37. The van der Waals surface area contributed by atoms with Crippen molar-refractivity contribution in [1.82, 2.24) is 41.7 Å². The number of aliphatic hydroxyl groups is 1. The van der Waals surface area contributed by atoms with Crippen LogP contribution in [0, 0.1) is 11.8 Å². The molecule has 10 atom stereocenters. The molecule has 4 aliphatic heterocycles. The van der Waals surface area contributed by atoms with Gasteiger partial charge < -0.3 is 25.2 Å². The normalized spacial score (nSPS) is 40.0. The molecule has 12 nitrogen and oxygen atoms in total. The zero-order valence-corrected chi connectivity index (χ0v) is 27.3. The maximum absolute atomic E-state index is 13.5. The Morgan fingerprint density at radius 3 is 2.55 bits per heavy atom. The molecule has 0 aromatic heterocycles. The van der Waals surface area contributed by atoms with Crippen LogP contribution in [0.4, 0.5) is 0 Å². The maximum atomic E-state index is 13.5. The molecular formula is C32H60N8O4. The Morgan fingerprint density at radius 2 is 1.84 bits per heavy atom. The molecule has 0 bridgehead atoms. The van der Waals surface area contributed by atoms with E-state index in [-0.39, 0.29) is 43.1 Å². The molecule has 6 aliphatic rings. The predicted octanol–water partition coefficient (Wildman–Crippen LogP) is -0.309. The average molecular weight is 621 g/mol. The van der Waals surface area contributed by atoms with Crippen molar-refractivity contribution in [2.45, 2.75) is 133 Å². The number of piperazine rings is 1. The van der Waals surface area contributed by atoms with Crippen LogP contribution in [0.5, 0.6) is 0 Å². The minimum Gasteiger partial charge on any atom is -0.390 e. The summed E-state index contributed by atoms with van der Waals surface area (Å²) in [5.74, 6) is 1.15. The van der Waals surface area contributed by atoms with Crippen LogP contribution in [0.3, 0.4) is 0 Å². The van der Waals surface area contributed by atoms with Gasteiger partial charge in [-0.25, -0.2) is 0 Å². The third-order valence-electron chi connectivity index (χ3n) is 11.5. The summed E-state index contributed by atoms with van der Waals surface area (Å²) in [7, 11) is 0. The standard InChI is InChI=1S/C32H60N8O4/c1-20(2)39-9-11-40(12-10-39)32-37-27(15-30(38-32)36-24-5-4-6-24)31(42)34-17-28(41)26-14-22-7-8-25(13-23(22)16-33-26)43-18-29-21(3)35-19-44-29/h20-30,32-33,35-38,41H,4-19H2,1-3H3,(H,34,42)/t21?,22?,23?,25?,26-,27?,28+,29?,30?,32?/m0/s1. The number of aliphatic hydroxyl groups excluding tert-OH is 1. The van der Waals surface area contributed by atoms with Gasteiger partial charge in [0.2, 0.25) is 5.91 Å². The fourth-order valence-corrected chi connectivity index (χ4v) is 8.14. The van der Waals surface area contributed by atoms with Gasteiger partial charge in [-0.05, 0) is 77.7 Å². The van der Waals surface area contributed by atoms with E-state index in [4.69, 9.17) is 9.47 Å². The summed E-state index contributed by atoms with van der Waals surface area (Å²) < 4.78 is 12.0. The van der Waals surface area contributed by atoms with E-state index in [1.165, 1.54) is 19.3 Å². The number of nitrogens with one attached hydrogen (secondary N) is 6. The van der Waals surface area contributed by atoms with Crippen molar-refractivity contribution in [3.05, 3.63) is 0 Å². The molecule has 4 heterocycles. The molecule has 6 fully saturated rings. The third kappa shape index (κ3) is 8.31. The van der Waals surface area contributed by atoms with Gasteiger partial charge in [0.1, 0.15) is 6.29 Å². The average Bonchev–Trinajstić information content (AvgIpc) is 3.44. The monoisotopic (exact) mass is 620 g/mol. The number of fused-ring (bicyclic) bond motifs is 1. The second-order valence-corrected chi connectivity index (χ2v) is 14.7. The van der Waals surface area contributed by atoms with E-state index < -0.39 is 6.10 Å². The Kier molecular flexibility index (Phi) is 11.5. The Morgan fingerprint density at radius 1 is 1.02 bits per heavy atom. The second-order valence-electron chi connectivity index (χ2n) is 14.7. The van der Waals surface area contributed by atoms with Gasteiger partial charge in [-0.3, -0.25) is 35.9 Å². The van der Waals surface area contributed by atoms with Crippen LogP contribution in [0.2, 0.25) is 0 Å². The smallest absolute Gasteiger partial charge is 0.237 e. The van der Waals surface area contributed by atoms with Crippen LogP contribution in [0.15, 0.2) is 0 Å². The fourth-order valence-electron chi connectivity index (χ4n) is 8.14. The number of carbonyl (C=O) groups is 1. The van der Waals surface area contributed by atoms with Gasteiger partial charge in [0.05, 0.1) is 43.9 Å². The molecule has 0 radical (unpaired) electrons. The van der Waals surface area contributed by atoms with Crippen molar-refractivity contribution >= 4 is 5.91 Å². The van der Waals surface area contributed by atoms with E-state index in [0.717, 1.165) is 58.4 Å². The zero-order valence-electron chi connectivity index (χ0n) is 27.3. The molecule has 1 amide bonds. The highest BCUT2D eigenvalue weighted by Gasteiger charge is 2.40. The van der Waals surface area contributed by atoms with Gasteiger partial charge in [0.25, 0.3) is 0 Å². The molecular weight excluding hydrogens is 560 g/mol. The number of carbonyl (C=O) groups excluding carboxylic acids is 1. The molecule has 2 aliphatic carbocycles. The van der Waals surface area contributed by atoms with E-state index in [1.54, 1.807) is 0 Å². The number of ether oxygens (including phenoxy) is 2. The van der Waals surface area contributed by atoms with E-state index in [1.807, 2.05) is 0 Å². The van der Waals surface area contributed by atoms with Gasteiger partial charge in [-0.2, -0.15) is 0 Å². The number of piperidine rings is 1. The Balaban J connectivity index is 0.948. The van der Waals surface area contributed by atoms with Crippen LogP contribution in [0.25, 0.3) is 0 Å². The lowest BCUT2D eigenvalue weighted by Crippen LogP contribution is -2.72. The first-order chi connectivity index (χ1) is 21.3. The Labute approximate surface area is 264 Å². The molecule has 0 aromatic rings. The topological polar surface area (TPSA) is 134 Å². The van der Waals surface area contributed by atoms with Crippen LogP contribution in [0.1, 0.15) is 72.1 Å². The van der Waals surface area contributed by atoms with Crippen LogP contribution < -0.4 is 31.9 Å². The fraction of sp³-hybridized carbons (Fsp3) is 0.969. The third-order valence-corrected chi connectivity index (χ3v) is 11.5. The summed E-state index contributed by atoms with van der Waals surface area (Å²) in [6.45, 7) is 13.1. The molecule has 6 rings (SSSR count). The second kappa shape index (κ2) is 15.3. The molecule has 252 valence electrons. The summed E-state index contributed by atoms with van der Waals surface area (Å²) >= 11 is 0. The molecule has 4 saturated heterocycles. The van der Waals surface area contributed by atoms with Crippen LogP contribution in [-0.4, -0.2) is 134 Å². The van der Waals surface area contributed by atoms with E-state index >= 15 is 0 Å². The first kappa shape index (κ1) is 33.0. The van der Waals surface area contributed by atoms with Gasteiger partial charge in [0, 0.05) is 63.3 Å². The van der Waals surface area contributed by atoms with Crippen LogP contribution in [-0.2, 0) is 14.3 Å². The first-order valence-electron chi connectivity index (χ1n) is 17.7. The van der Waals surface area contributed by atoms with Crippen molar-refractivity contribution in [3.8, 4) is 0 Å². The quantitative estimate of drug-likeness (QED) is 0.164. The molecule has 44 heavy (non-hydrogen) atoms. The number of rotatable bonds is 11.